The van der Waals surface area contributed by atoms with Gasteiger partial charge in [-0.25, -0.2) is 4.68 Å². The van der Waals surface area contributed by atoms with Crippen molar-refractivity contribution in [1.82, 2.24) is 24.5 Å². The predicted molar refractivity (Wildman–Crippen MR) is 137 cm³/mol. The number of hydrogen-bond acceptors (Lipinski definition) is 5. The van der Waals surface area contributed by atoms with Gasteiger partial charge in [-0.1, -0.05) is 12.0 Å². The number of likely N-dealkylation sites (tertiary alicyclic amines) is 1. The molecule has 0 radical (unpaired) electrons. The molecule has 9 nitrogen and oxygen atoms in total. The normalized spacial score (nSPS) is 20.5. The van der Waals surface area contributed by atoms with Crippen molar-refractivity contribution < 1.29 is 22.8 Å². The molecule has 204 valence electrons. The molecule has 1 saturated heterocycles. The Balaban J connectivity index is 1.37. The van der Waals surface area contributed by atoms with E-state index in [9.17, 15) is 22.8 Å². The number of anilines is 1. The lowest BCUT2D eigenvalue weighted by Gasteiger charge is -2.45. The summed E-state index contributed by atoms with van der Waals surface area (Å²) in [5.41, 5.74) is 13.2. The summed E-state index contributed by atoms with van der Waals surface area (Å²) < 4.78 is 42.7. The Morgan fingerprint density at radius 1 is 1.26 bits per heavy atom. The minimum Gasteiger partial charge on any atom is -0.383 e. The van der Waals surface area contributed by atoms with Crippen molar-refractivity contribution in [2.24, 2.45) is 11.1 Å². The summed E-state index contributed by atoms with van der Waals surface area (Å²) in [6.45, 7) is 4.73. The largest absolute Gasteiger partial charge is 0.416 e. The maximum Gasteiger partial charge on any atom is 0.416 e. The standard InChI is InChI=1S/C27H28F3N7O2/c1-3-4-21(38)35-8-7-26(15-35)10-20(11-26)37-24(31)22(25(32)39)23(34-37)18-12-33-36(14-18)13-17-9-19(27(28,29)30)6-5-16(17)2/h5-6,9,12,14,20H,7-8,10-11,13,15,31H2,1-2H3,(H2,32,39)/t20-,26-. The highest BCUT2D eigenvalue weighted by Crippen LogP contribution is 2.54. The van der Waals surface area contributed by atoms with Gasteiger partial charge in [-0.15, -0.1) is 0 Å². The lowest BCUT2D eigenvalue weighted by Crippen LogP contribution is -2.42. The van der Waals surface area contributed by atoms with E-state index in [-0.39, 0.29) is 41.0 Å². The maximum atomic E-state index is 13.2. The molecule has 3 heterocycles. The van der Waals surface area contributed by atoms with Gasteiger partial charge in [-0.2, -0.15) is 23.4 Å². The molecule has 2 aliphatic rings. The van der Waals surface area contributed by atoms with Crippen LogP contribution >= 0.6 is 0 Å². The van der Waals surface area contributed by atoms with Crippen LogP contribution in [0.5, 0.6) is 0 Å². The van der Waals surface area contributed by atoms with Gasteiger partial charge in [0.2, 0.25) is 0 Å². The molecular formula is C27H28F3N7O2. The lowest BCUT2D eigenvalue weighted by molar-refractivity contribution is -0.137. The topological polar surface area (TPSA) is 125 Å². The number of carbonyl (C=O) groups excluding carboxylic acids is 2. The minimum atomic E-state index is -4.45. The number of amides is 2. The summed E-state index contributed by atoms with van der Waals surface area (Å²) in [7, 11) is 0. The van der Waals surface area contributed by atoms with E-state index in [0.29, 0.717) is 29.8 Å². The second-order valence-corrected chi connectivity index (χ2v) is 10.4. The number of halogens is 3. The Morgan fingerprint density at radius 3 is 2.67 bits per heavy atom. The summed E-state index contributed by atoms with van der Waals surface area (Å²) in [5, 5.41) is 8.91. The van der Waals surface area contributed by atoms with Crippen LogP contribution in [0.1, 0.15) is 59.3 Å². The van der Waals surface area contributed by atoms with Gasteiger partial charge in [0.1, 0.15) is 17.1 Å². The molecule has 12 heteroatoms. The third kappa shape index (κ3) is 4.84. The molecule has 4 N–H and O–H groups in total. The Labute approximate surface area is 222 Å². The van der Waals surface area contributed by atoms with Crippen LogP contribution < -0.4 is 11.5 Å². The molecule has 2 fully saturated rings. The summed E-state index contributed by atoms with van der Waals surface area (Å²) in [5.74, 6) is 4.47. The number of hydrogen-bond donors (Lipinski definition) is 2. The quantitative estimate of drug-likeness (QED) is 0.481. The van der Waals surface area contributed by atoms with Crippen molar-refractivity contribution in [3.63, 3.8) is 0 Å². The Bertz CT molecular complexity index is 1520. The molecule has 5 rings (SSSR count). The summed E-state index contributed by atoms with van der Waals surface area (Å²) >= 11 is 0. The number of alkyl halides is 3. The second-order valence-electron chi connectivity index (χ2n) is 10.4. The maximum absolute atomic E-state index is 13.2. The fourth-order valence-corrected chi connectivity index (χ4v) is 5.68. The van der Waals surface area contributed by atoms with E-state index < -0.39 is 17.6 Å². The number of nitrogens with zero attached hydrogens (tertiary/aromatic N) is 5. The van der Waals surface area contributed by atoms with Gasteiger partial charge in [0.25, 0.3) is 11.8 Å². The lowest BCUT2D eigenvalue weighted by atomic mass is 9.65. The zero-order valence-corrected chi connectivity index (χ0v) is 21.5. The first-order valence-corrected chi connectivity index (χ1v) is 12.5. The SMILES string of the molecule is CC#CC(=O)N1CC[C@]2(C1)C[C@H](n1nc(-c3cnn(Cc4cc(C(F)(F)F)ccc4C)c3)c(C(N)=O)c1N)C2. The molecule has 1 aliphatic carbocycles. The van der Waals surface area contributed by atoms with Crippen LogP contribution in [0.4, 0.5) is 19.0 Å². The number of nitrogens with two attached hydrogens (primary N) is 2. The molecule has 3 aromatic rings. The smallest absolute Gasteiger partial charge is 0.383 e. The van der Waals surface area contributed by atoms with Crippen molar-refractivity contribution >= 4 is 17.6 Å². The zero-order chi connectivity index (χ0) is 28.1. The average molecular weight is 540 g/mol. The average Bonchev–Trinajstić information content (AvgIpc) is 3.56. The van der Waals surface area contributed by atoms with Gasteiger partial charge in [0.15, 0.2) is 0 Å². The molecule has 0 atom stereocenters. The summed E-state index contributed by atoms with van der Waals surface area (Å²) in [6.07, 6.45) is 0.990. The first-order valence-electron chi connectivity index (χ1n) is 12.5. The first-order chi connectivity index (χ1) is 18.4. The van der Waals surface area contributed by atoms with Crippen molar-refractivity contribution in [2.45, 2.75) is 51.9 Å². The van der Waals surface area contributed by atoms with Gasteiger partial charge in [0, 0.05) is 24.8 Å². The van der Waals surface area contributed by atoms with Crippen molar-refractivity contribution in [2.75, 3.05) is 18.8 Å². The van der Waals surface area contributed by atoms with Crippen molar-refractivity contribution in [3.8, 4) is 23.1 Å². The van der Waals surface area contributed by atoms with Gasteiger partial charge in [-0.3, -0.25) is 14.3 Å². The molecular weight excluding hydrogens is 511 g/mol. The van der Waals surface area contributed by atoms with E-state index in [0.717, 1.165) is 31.4 Å². The molecule has 0 bridgehead atoms. The monoisotopic (exact) mass is 539 g/mol. The third-order valence-corrected chi connectivity index (χ3v) is 7.75. The fourth-order valence-electron chi connectivity index (χ4n) is 5.68. The first kappa shape index (κ1) is 26.3. The fraction of sp³-hybridized carbons (Fsp3) is 0.407. The van der Waals surface area contributed by atoms with Crippen molar-refractivity contribution in [1.29, 1.82) is 0 Å². The highest BCUT2D eigenvalue weighted by Gasteiger charge is 2.51. The Morgan fingerprint density at radius 2 is 2.00 bits per heavy atom. The Hall–Kier alpha value is -4.27. The van der Waals surface area contributed by atoms with E-state index in [1.165, 1.54) is 16.9 Å². The van der Waals surface area contributed by atoms with Gasteiger partial charge < -0.3 is 16.4 Å². The highest BCUT2D eigenvalue weighted by atomic mass is 19.4. The molecule has 2 aromatic heterocycles. The van der Waals surface area contributed by atoms with Crippen LogP contribution in [0, 0.1) is 24.2 Å². The number of rotatable bonds is 5. The molecule has 39 heavy (non-hydrogen) atoms. The van der Waals surface area contributed by atoms with Crippen LogP contribution in [0.3, 0.4) is 0 Å². The van der Waals surface area contributed by atoms with Gasteiger partial charge in [0.05, 0.1) is 24.3 Å². The number of aromatic nitrogens is 4. The van der Waals surface area contributed by atoms with Gasteiger partial charge >= 0.3 is 6.18 Å². The van der Waals surface area contributed by atoms with Crippen LogP contribution in [-0.2, 0) is 17.5 Å². The van der Waals surface area contributed by atoms with E-state index in [1.807, 2.05) is 0 Å². The number of primary amides is 1. The third-order valence-electron chi connectivity index (χ3n) is 7.75. The van der Waals surface area contributed by atoms with Crippen LogP contribution in [0.25, 0.3) is 11.3 Å². The number of aryl methyl sites for hydroxylation is 1. The highest BCUT2D eigenvalue weighted by molar-refractivity contribution is 6.03. The van der Waals surface area contributed by atoms with Gasteiger partial charge in [-0.05, 0) is 67.7 Å². The van der Waals surface area contributed by atoms with E-state index in [4.69, 9.17) is 11.5 Å². The molecule has 1 aliphatic heterocycles. The molecule has 1 spiro atoms. The molecule has 1 saturated carbocycles. The number of benzene rings is 1. The van der Waals surface area contributed by atoms with Crippen LogP contribution in [0.2, 0.25) is 0 Å². The summed E-state index contributed by atoms with van der Waals surface area (Å²) in [4.78, 5) is 26.3. The second kappa shape index (κ2) is 9.48. The van der Waals surface area contributed by atoms with E-state index in [1.54, 1.807) is 29.6 Å². The number of carbonyl (C=O) groups is 2. The van der Waals surface area contributed by atoms with Crippen LogP contribution in [-0.4, -0.2) is 49.4 Å². The van der Waals surface area contributed by atoms with E-state index in [2.05, 4.69) is 22.0 Å². The zero-order valence-electron chi connectivity index (χ0n) is 21.5. The molecule has 0 unspecified atom stereocenters. The Kier molecular flexibility index (Phi) is 6.40. The molecule has 1 aromatic carbocycles. The number of nitrogen functional groups attached to an aromatic ring is 1. The van der Waals surface area contributed by atoms with Crippen molar-refractivity contribution in [3.05, 3.63) is 52.8 Å². The minimum absolute atomic E-state index is 0.0329. The van der Waals surface area contributed by atoms with Crippen LogP contribution in [0.15, 0.2) is 30.6 Å². The van der Waals surface area contributed by atoms with E-state index >= 15 is 0 Å². The predicted octanol–water partition coefficient (Wildman–Crippen LogP) is 3.38. The molecule has 2 amide bonds. The summed E-state index contributed by atoms with van der Waals surface area (Å²) in [6, 6.07) is 3.52.